The second-order valence-electron chi connectivity index (χ2n) is 16.7. The van der Waals surface area contributed by atoms with E-state index in [1.165, 1.54) is 23.3 Å². The molecule has 111 heteroatoms. The van der Waals surface area contributed by atoms with Crippen molar-refractivity contribution in [2.24, 2.45) is 11.8 Å². The fourth-order valence-corrected chi connectivity index (χ4v) is 279. The van der Waals surface area contributed by atoms with E-state index in [9.17, 15) is 9.59 Å². The average molecular weight is 3810 g/mol. The van der Waals surface area contributed by atoms with E-state index >= 15 is 0 Å². The molecule has 1 aromatic heterocycles. The Balaban J connectivity index is 0.00000117. The summed E-state index contributed by atoms with van der Waals surface area (Å²) in [5.41, 5.74) is 1.18. The number of rotatable bonds is 6. The van der Waals surface area contributed by atoms with Gasteiger partial charge in [-0.3, -0.25) is 14.5 Å². The standard InChI is InChI=1S/C26H35ClN4O2S.S103/c1-18(2)23-17-30(25(26-28-10-15-34-26)21-4-6-22(27)7-5-21)13-14-31(23)24(33)16-20-8-11-29(12-9-20)19(3)32;1-3-5-7-9-11-13-15-17-19-21-23-25-27-29-31-33-35-37-39-41-43-45-47-49-51-53-55-57-59-61-63-65-67-69-71-73-75-77-79-81-83-85-87-89-91-93-95-97-99-101-103-102-100-98-96-94-92-90-88-86-84-82-80-78-76-74-72-70-68-66-64-62-60-58-56-54-52-50-48-46-44-42-40-38-36-34-32-30-28-26-24-22-20-18-16-14-12-10-8-6-4-2/h4-7,10,15,18,20,23,25H,8-9,11-14,16-17H2,1-3H3;/t23-,25?;/m1./s1. The summed E-state index contributed by atoms with van der Waals surface area (Å²) in [7, 11) is 183. The number of likely N-dealkylation sites (tertiary alicyclic amines) is 1. The number of hydrogen-bond donors (Lipinski definition) is 0. The van der Waals surface area contributed by atoms with Crippen LogP contribution < -0.4 is 0 Å². The highest BCUT2D eigenvalue weighted by molar-refractivity contribution is 8.88. The quantitative estimate of drug-likeness (QED) is 0.427. The van der Waals surface area contributed by atoms with Crippen LogP contribution in [0, 0.1) is 11.8 Å². The van der Waals surface area contributed by atoms with Crippen LogP contribution >= 0.6 is 22.9 Å². The molecule has 6 nitrogen and oxygen atoms in total. The lowest BCUT2D eigenvalue weighted by Crippen LogP contribution is -2.58. The first-order valence-corrected chi connectivity index (χ1v) is 167. The van der Waals surface area contributed by atoms with Crippen LogP contribution in [-0.2, 0) is 929 Å². The van der Waals surface area contributed by atoms with Crippen molar-refractivity contribution in [3.8, 4) is 0 Å². The Morgan fingerprint density at radius 3 is 0.679 bits per heavy atom. The van der Waals surface area contributed by atoms with Crippen molar-refractivity contribution in [1.29, 1.82) is 0 Å². The van der Waals surface area contributed by atoms with E-state index in [4.69, 9.17) is 34.0 Å². The Hall–Kier alpha value is 20.7. The summed E-state index contributed by atoms with van der Waals surface area (Å²) in [6.45, 7) is 9.94. The second-order valence-corrected chi connectivity index (χ2v) is 197. The molecule has 2 aromatic rings. The first-order valence-electron chi connectivity index (χ1n) is 29.3. The van der Waals surface area contributed by atoms with Crippen LogP contribution in [0.4, 0.5) is 0 Å². The first kappa shape index (κ1) is 152. The van der Waals surface area contributed by atoms with E-state index in [1.807, 2.05) is 801 Å². The van der Waals surface area contributed by atoms with Gasteiger partial charge in [0.15, 0.2) is 0 Å². The zero-order valence-corrected chi connectivity index (χ0v) is 148. The minimum absolute atomic E-state index is 0.0617. The van der Waals surface area contributed by atoms with Crippen LogP contribution in [-0.4, -0.2) is 70.3 Å². The number of piperazine rings is 1. The molecular weight excluding hydrogens is 3770 g/mol. The van der Waals surface area contributed by atoms with E-state index < -0.39 is 0 Å². The highest BCUT2D eigenvalue weighted by Crippen LogP contribution is 2.34. The topological polar surface area (TPSA) is 56.8 Å². The van der Waals surface area contributed by atoms with Crippen molar-refractivity contribution in [1.82, 2.24) is 19.7 Å². The zero-order chi connectivity index (χ0) is 97.7. The van der Waals surface area contributed by atoms with Crippen molar-refractivity contribution in [3.63, 3.8) is 0 Å². The summed E-state index contributed by atoms with van der Waals surface area (Å²) in [6, 6.07) is 8.27. The third-order valence-corrected chi connectivity index (χ3v) is 233. The van der Waals surface area contributed by atoms with Gasteiger partial charge in [0.25, 0.3) is 0 Å². The molecule has 1 aromatic carbocycles. The normalized spacial score (nSPS) is 11.2. The lowest BCUT2D eigenvalue weighted by molar-refractivity contribution is -0.139. The maximum atomic E-state index is 13.4. The third-order valence-electron chi connectivity index (χ3n) is 10.1. The second kappa shape index (κ2) is 126. The van der Waals surface area contributed by atoms with Gasteiger partial charge in [-0.2, -0.15) is 0 Å². The molecule has 2 atom stereocenters. The molecule has 2 aliphatic heterocycles. The summed E-state index contributed by atoms with van der Waals surface area (Å²) in [5, 5.41) is 3.82. The zero-order valence-electron chi connectivity index (χ0n) is 62.4. The van der Waals surface area contributed by atoms with E-state index in [-0.39, 0.29) is 23.9 Å². The lowest BCUT2D eigenvalue weighted by atomic mass is 9.91. The summed E-state index contributed by atoms with van der Waals surface area (Å²) >= 11 is 17.5. The monoisotopic (exact) mass is 3800 g/mol. The van der Waals surface area contributed by atoms with Crippen molar-refractivity contribution in [3.05, 3.63) is 51.4 Å². The van der Waals surface area contributed by atoms with Gasteiger partial charge in [0.2, 0.25) is 11.8 Å². The van der Waals surface area contributed by atoms with Gasteiger partial charge in [0.05, 0.1) is 6.04 Å². The third kappa shape index (κ3) is 105. The Bertz CT molecular complexity index is 9490. The minimum Gasteiger partial charge on any atom is -0.343 e. The summed E-state index contributed by atoms with van der Waals surface area (Å²) < 4.78 is 0. The molecule has 1 unspecified atom stereocenters. The van der Waals surface area contributed by atoms with Crippen LogP contribution in [0.5, 0.6) is 0 Å². The summed E-state index contributed by atoms with van der Waals surface area (Å²) in [4.78, 5) is 36.2. The van der Waals surface area contributed by atoms with E-state index in [1.54, 1.807) is 125 Å². The molecule has 2 aliphatic rings. The van der Waals surface area contributed by atoms with Gasteiger partial charge in [0, 0.05) is 988 Å². The number of nitrogens with zero attached hydrogens (tertiary/aromatic N) is 4. The van der Waals surface area contributed by atoms with Gasteiger partial charge in [0.1, 0.15) is 5.01 Å². The molecular formula is C26H35ClN4O2S104. The van der Waals surface area contributed by atoms with Crippen molar-refractivity contribution in [2.75, 3.05) is 32.7 Å². The number of carbonyl (C=O) groups excluding carboxylic acids is 2. The van der Waals surface area contributed by atoms with Gasteiger partial charge < -0.3 is 9.80 Å². The number of halogens is 1. The number of benzene rings is 1. The SMILES string of the molecule is CC(=O)N1CCC(CC(=O)N2CCN(C(c3ccc(Cl)cc3)c3nccs3)C[C@@H]2C(C)C)CC1.S=S=S=S=S=S=S=S=S=S=S=S=S=S=S=S=S=S=S=S=S=S=S=S=S=S=S=S=S=S=S=S=S=S=S=S=S=S=S=S=S=S=S=S=S=S=S=S=S=S=S=S=S=S=S=S=S=S=S=S=S=S=S=S=S=S=S=S=S=S=S=S=S=S=S=S=S=S=S=S=S=S=S=S=S=S=S=S=S=S=S=S=S=S=S=S=S=S=S=S=S=S=S. The molecule has 0 saturated carbocycles. The van der Waals surface area contributed by atoms with Crippen molar-refractivity contribution >= 4 is 954 Å². The summed E-state index contributed by atoms with van der Waals surface area (Å²) in [5.74, 6) is 1.12. The van der Waals surface area contributed by atoms with Crippen molar-refractivity contribution in [2.45, 2.75) is 52.1 Å². The molecule has 2 amide bonds. The number of piperidine rings is 1. The number of amides is 2. The Morgan fingerprint density at radius 1 is 0.314 bits per heavy atom. The minimum atomic E-state index is 0.0617. The molecule has 4 rings (SSSR count). The first-order chi connectivity index (χ1) is 67.7. The van der Waals surface area contributed by atoms with Crippen LogP contribution in [0.3, 0.4) is 0 Å². The number of hydrogen-bond acceptors (Lipinski definition) is 7. The predicted molar refractivity (Wildman–Crippen MR) is 896 cm³/mol. The maximum Gasteiger partial charge on any atom is 0.223 e. The number of aromatic nitrogens is 1. The maximum absolute atomic E-state index is 13.4. The van der Waals surface area contributed by atoms with Crippen LogP contribution in [0.2, 0.25) is 5.02 Å². The van der Waals surface area contributed by atoms with Gasteiger partial charge in [-0.15, -0.1) is 11.3 Å². The molecule has 0 spiro atoms. The lowest BCUT2D eigenvalue weighted by Gasteiger charge is -2.46. The Morgan fingerprint density at radius 2 is 0.511 bits per heavy atom. The van der Waals surface area contributed by atoms with Gasteiger partial charge >= 0.3 is 0 Å². The molecule has 2 fully saturated rings. The Kier molecular flexibility index (Phi) is 140. The fourth-order valence-electron chi connectivity index (χ4n) is 6.41. The van der Waals surface area contributed by atoms with Crippen LogP contribution in [0.1, 0.15) is 56.6 Å². The van der Waals surface area contributed by atoms with E-state index in [2.05, 4.69) is 40.8 Å². The fraction of sp³-hybridized carbons (Fsp3) is 0.577. The van der Waals surface area contributed by atoms with Crippen molar-refractivity contribution < 1.29 is 9.59 Å². The molecule has 0 aliphatic carbocycles. The predicted octanol–water partition coefficient (Wildman–Crippen LogP) is 4.46. The van der Waals surface area contributed by atoms with Gasteiger partial charge in [-0.1, -0.05) is 37.6 Å². The van der Waals surface area contributed by atoms with Crippen LogP contribution in [0.25, 0.3) is 0 Å². The molecule has 3 heterocycles. The number of thiazole rings is 1. The highest BCUT2D eigenvalue weighted by Gasteiger charge is 2.37. The van der Waals surface area contributed by atoms with E-state index in [0.29, 0.717) is 18.3 Å². The molecule has 137 heavy (non-hydrogen) atoms. The largest absolute Gasteiger partial charge is 0.343 e. The molecule has 0 bridgehead atoms. The highest BCUT2D eigenvalue weighted by atomic mass is 35.5. The van der Waals surface area contributed by atoms with Crippen LogP contribution in [0.15, 0.2) is 35.8 Å². The van der Waals surface area contributed by atoms with E-state index in [0.717, 1.165) is 55.6 Å². The van der Waals surface area contributed by atoms with Gasteiger partial charge in [-0.05, 0) is 42.4 Å². The molecule has 0 radical (unpaired) electrons. The summed E-state index contributed by atoms with van der Waals surface area (Å²) in [6.07, 6.45) is 4.28. The smallest absolute Gasteiger partial charge is 0.223 e. The Labute approximate surface area is 1100 Å². The van der Waals surface area contributed by atoms with Gasteiger partial charge in [-0.25, -0.2) is 4.98 Å². The molecule has 2 saturated heterocycles. The number of carbonyl (C=O) groups is 2. The molecule has 802 valence electrons. The average Bonchev–Trinajstić information content (AvgIpc) is 1.74. The molecule has 0 N–H and O–H groups in total.